The fraction of sp³-hybridized carbons (Fsp3) is 0.517. The summed E-state index contributed by atoms with van der Waals surface area (Å²) in [6.07, 6.45) is 6.66. The number of hydrogen-bond donors (Lipinski definition) is 3. The van der Waals surface area contributed by atoms with E-state index >= 15 is 0 Å². The predicted molar refractivity (Wildman–Crippen MR) is 172 cm³/mol. The highest BCUT2D eigenvalue weighted by molar-refractivity contribution is 9.10. The van der Waals surface area contributed by atoms with Gasteiger partial charge >= 0.3 is 6.09 Å². The van der Waals surface area contributed by atoms with Crippen LogP contribution in [0.4, 0.5) is 10.6 Å². The van der Waals surface area contributed by atoms with E-state index in [4.69, 9.17) is 9.47 Å². The van der Waals surface area contributed by atoms with Gasteiger partial charge in [0.2, 0.25) is 0 Å². The molecule has 1 fully saturated rings. The molecule has 0 radical (unpaired) electrons. The molecule has 0 aromatic carbocycles. The number of ether oxygens (including phenoxy) is 2. The van der Waals surface area contributed by atoms with E-state index in [1.807, 2.05) is 59.8 Å². The molecule has 1 saturated heterocycles. The Kier molecular flexibility index (Phi) is 10.8. The first-order valence-corrected chi connectivity index (χ1v) is 15.8. The highest BCUT2D eigenvalue weighted by Crippen LogP contribution is 2.36. The van der Waals surface area contributed by atoms with Gasteiger partial charge in [0.05, 0.1) is 15.7 Å². The van der Waals surface area contributed by atoms with Gasteiger partial charge in [-0.1, -0.05) is 0 Å². The van der Waals surface area contributed by atoms with Gasteiger partial charge in [0.25, 0.3) is 5.91 Å². The monoisotopic (exact) mass is 676 g/mol. The Hall–Kier alpha value is -3.07. The number of likely N-dealkylation sites (N-methyl/N-ethyl adjacent to an activating group) is 1. The molecule has 0 atom stereocenters. The number of carbonyl (C=O) groups is 2. The van der Waals surface area contributed by atoms with Crippen molar-refractivity contribution in [3.8, 4) is 11.5 Å². The normalized spacial score (nSPS) is 15.9. The lowest BCUT2D eigenvalue weighted by Crippen LogP contribution is -2.48. The van der Waals surface area contributed by atoms with Gasteiger partial charge in [-0.25, -0.2) is 9.78 Å². The van der Waals surface area contributed by atoms with Crippen LogP contribution in [0, 0.1) is 13.8 Å². The van der Waals surface area contributed by atoms with Gasteiger partial charge in [0.1, 0.15) is 22.2 Å². The van der Waals surface area contributed by atoms with Crippen LogP contribution < -0.4 is 20.2 Å². The summed E-state index contributed by atoms with van der Waals surface area (Å²) in [6, 6.07) is 2.05. The number of pyridine rings is 2. The van der Waals surface area contributed by atoms with E-state index in [2.05, 4.69) is 46.4 Å². The molecular weight excluding hydrogens is 636 g/mol. The molecule has 0 aliphatic carbocycles. The van der Waals surface area contributed by atoms with Crippen molar-refractivity contribution in [1.29, 1.82) is 0 Å². The van der Waals surface area contributed by atoms with E-state index in [9.17, 15) is 9.59 Å². The first-order chi connectivity index (χ1) is 20.3. The van der Waals surface area contributed by atoms with Crippen molar-refractivity contribution in [2.24, 2.45) is 0 Å². The molecule has 2 amide bonds. The summed E-state index contributed by atoms with van der Waals surface area (Å²) >= 11 is 5.00. The van der Waals surface area contributed by atoms with Gasteiger partial charge in [0.15, 0.2) is 5.75 Å². The third kappa shape index (κ3) is 8.97. The van der Waals surface area contributed by atoms with Gasteiger partial charge in [-0.3, -0.25) is 14.8 Å². The Labute approximate surface area is 266 Å². The van der Waals surface area contributed by atoms with Crippen LogP contribution in [-0.4, -0.2) is 88.7 Å². The fourth-order valence-electron chi connectivity index (χ4n) is 4.55. The lowest BCUT2D eigenvalue weighted by atomic mass is 10.1. The van der Waals surface area contributed by atoms with Crippen molar-refractivity contribution < 1.29 is 19.1 Å². The maximum Gasteiger partial charge on any atom is 0.410 e. The molecule has 3 N–H and O–H groups in total. The van der Waals surface area contributed by atoms with Crippen LogP contribution in [0.1, 0.15) is 55.2 Å². The molecule has 14 heteroatoms. The minimum Gasteiger partial charge on any atom is -0.454 e. The molecule has 234 valence electrons. The van der Waals surface area contributed by atoms with Gasteiger partial charge in [-0.2, -0.15) is 4.83 Å². The van der Waals surface area contributed by atoms with Crippen molar-refractivity contribution in [2.45, 2.75) is 59.1 Å². The van der Waals surface area contributed by atoms with Crippen LogP contribution in [0.3, 0.4) is 0 Å². The molecule has 12 nitrogen and oxygen atoms in total. The van der Waals surface area contributed by atoms with Crippen LogP contribution in [-0.2, 0) is 4.74 Å². The number of hydrazine groups is 1. The van der Waals surface area contributed by atoms with E-state index in [0.717, 1.165) is 24.4 Å². The van der Waals surface area contributed by atoms with Gasteiger partial charge < -0.3 is 29.9 Å². The molecule has 2 aliphatic heterocycles. The Morgan fingerprint density at radius 2 is 1.91 bits per heavy atom. The summed E-state index contributed by atoms with van der Waals surface area (Å²) in [6.45, 7) is 11.9. The largest absolute Gasteiger partial charge is 0.454 e. The van der Waals surface area contributed by atoms with E-state index < -0.39 is 5.60 Å². The van der Waals surface area contributed by atoms with Crippen molar-refractivity contribution in [1.82, 2.24) is 34.9 Å². The lowest BCUT2D eigenvalue weighted by molar-refractivity contribution is 0.0160. The van der Waals surface area contributed by atoms with Crippen molar-refractivity contribution in [3.63, 3.8) is 0 Å². The number of aryl methyl sites for hydroxylation is 1. The third-order valence-corrected chi connectivity index (χ3v) is 8.19. The summed E-state index contributed by atoms with van der Waals surface area (Å²) < 4.78 is 12.5. The average Bonchev–Trinajstić information content (AvgIpc) is 3.40. The average molecular weight is 678 g/mol. The predicted octanol–water partition coefficient (Wildman–Crippen LogP) is 5.02. The number of amides is 2. The smallest absolute Gasteiger partial charge is 0.410 e. The number of nitrogens with one attached hydrogen (secondary N) is 3. The number of halogens is 1. The van der Waals surface area contributed by atoms with Crippen molar-refractivity contribution >= 4 is 45.7 Å². The molecule has 0 bridgehead atoms. The molecule has 0 spiro atoms. The van der Waals surface area contributed by atoms with Crippen LogP contribution in [0.2, 0.25) is 0 Å². The second kappa shape index (κ2) is 14.1. The first kappa shape index (κ1) is 32.8. The van der Waals surface area contributed by atoms with Crippen molar-refractivity contribution in [2.75, 3.05) is 45.6 Å². The first-order valence-electron chi connectivity index (χ1n) is 14.2. The molecule has 2 aromatic rings. The number of likely N-dealkylation sites (tertiary alicyclic amines) is 1. The zero-order valence-electron chi connectivity index (χ0n) is 25.8. The Balaban J connectivity index is 1.39. The highest BCUT2D eigenvalue weighted by Gasteiger charge is 2.30. The number of aromatic nitrogens is 2. The number of carbonyl (C=O) groups excluding carboxylic acids is 2. The van der Waals surface area contributed by atoms with E-state index in [0.29, 0.717) is 58.2 Å². The van der Waals surface area contributed by atoms with E-state index in [-0.39, 0.29) is 18.0 Å². The molecule has 0 unspecified atom stereocenters. The summed E-state index contributed by atoms with van der Waals surface area (Å²) in [5.41, 5.74) is 1.35. The molecular formula is C29H41BrN8O4S. The lowest BCUT2D eigenvalue weighted by Gasteiger charge is -2.36. The summed E-state index contributed by atoms with van der Waals surface area (Å²) in [7, 11) is 3.92. The SMILES string of the molecule is Cc1ncc(C(=O)NCCN(C)C)c(C)c1Oc1cc(NC2=CN(C3CCN(C(=O)OC(C)(C)C)CC3)NS2)ncc1Br. The van der Waals surface area contributed by atoms with Crippen molar-refractivity contribution in [3.05, 3.63) is 51.0 Å². The molecule has 4 heterocycles. The number of nitrogens with zero attached hydrogens (tertiary/aromatic N) is 5. The molecule has 2 aromatic heterocycles. The van der Waals surface area contributed by atoms with Crippen LogP contribution in [0.25, 0.3) is 0 Å². The molecule has 2 aliphatic rings. The summed E-state index contributed by atoms with van der Waals surface area (Å²) in [5.74, 6) is 1.48. The number of rotatable bonds is 9. The second-order valence-electron chi connectivity index (χ2n) is 11.8. The van der Waals surface area contributed by atoms with Crippen LogP contribution in [0.5, 0.6) is 11.5 Å². The van der Waals surface area contributed by atoms with Crippen LogP contribution >= 0.6 is 27.9 Å². The number of piperidine rings is 1. The number of anilines is 1. The zero-order valence-corrected chi connectivity index (χ0v) is 28.2. The van der Waals surface area contributed by atoms with Crippen LogP contribution in [0.15, 0.2) is 34.2 Å². The Bertz CT molecular complexity index is 1360. The number of hydrogen-bond acceptors (Lipinski definition) is 11. The quantitative estimate of drug-likeness (QED) is 0.310. The van der Waals surface area contributed by atoms with Gasteiger partial charge in [-0.05, 0) is 89.4 Å². The van der Waals surface area contributed by atoms with E-state index in [1.54, 1.807) is 23.4 Å². The summed E-state index contributed by atoms with van der Waals surface area (Å²) in [5, 5.41) is 9.23. The summed E-state index contributed by atoms with van der Waals surface area (Å²) in [4.78, 5) is 41.3. The second-order valence-corrected chi connectivity index (χ2v) is 13.5. The van der Waals surface area contributed by atoms with Gasteiger partial charge in [0, 0.05) is 62.4 Å². The topological polar surface area (TPSA) is 124 Å². The Morgan fingerprint density at radius 1 is 1.19 bits per heavy atom. The zero-order chi connectivity index (χ0) is 31.3. The fourth-order valence-corrected chi connectivity index (χ4v) is 5.58. The minimum absolute atomic E-state index is 0.189. The maximum absolute atomic E-state index is 12.8. The van der Waals surface area contributed by atoms with E-state index in [1.165, 1.54) is 11.9 Å². The maximum atomic E-state index is 12.8. The third-order valence-electron chi connectivity index (χ3n) is 6.86. The minimum atomic E-state index is -0.503. The molecule has 43 heavy (non-hydrogen) atoms. The molecule has 0 saturated carbocycles. The Morgan fingerprint density at radius 3 is 2.58 bits per heavy atom. The highest BCUT2D eigenvalue weighted by atomic mass is 79.9. The van der Waals surface area contributed by atoms with Gasteiger partial charge in [-0.15, -0.1) is 0 Å². The standard InChI is InChI=1S/C29H41BrN8O4S/c1-18-21(27(39)31-10-13-36(6)7)15-32-19(2)26(18)41-23-14-24(33-16-22(23)30)34-25-17-38(35-43-25)20-8-11-37(12-9-20)28(40)42-29(3,4)5/h14-17,20,35H,8-13H2,1-7H3,(H,31,39)(H,33,34). The molecule has 4 rings (SSSR count).